The first-order valence-electron chi connectivity index (χ1n) is 18.0. The van der Waals surface area contributed by atoms with Gasteiger partial charge in [-0.25, -0.2) is 4.98 Å². The zero-order chi connectivity index (χ0) is 35.6. The Bertz CT molecular complexity index is 3160. The van der Waals surface area contributed by atoms with E-state index in [4.69, 9.17) is 13.8 Å². The smallest absolute Gasteiger partial charge is 0.227 e. The summed E-state index contributed by atoms with van der Waals surface area (Å²) in [6.07, 6.45) is 0. The van der Waals surface area contributed by atoms with Gasteiger partial charge >= 0.3 is 0 Å². The first-order chi connectivity index (χ1) is 26.8. The highest BCUT2D eigenvalue weighted by atomic mass is 32.1. The standard InChI is InChI=1S/C49H30N2O2S/c1-3-12-31(13-4-1)36-16-7-9-20-41(36)51(34-24-22-32(23-25-34)37-18-11-19-39-38-17-8-10-21-45(38)54-48(37)39)35-26-27-40-44(30-35)52-42-28-29-43-47(46(40)42)50-49(53-43)33-14-5-2-6-15-33/h1-30H. The molecule has 0 N–H and O–H groups in total. The van der Waals surface area contributed by atoms with Crippen LogP contribution in [0.15, 0.2) is 191 Å². The molecule has 0 aliphatic rings. The topological polar surface area (TPSA) is 42.4 Å². The molecule has 0 atom stereocenters. The van der Waals surface area contributed by atoms with Gasteiger partial charge in [0, 0.05) is 54.1 Å². The number of furan rings is 1. The molecule has 0 radical (unpaired) electrons. The summed E-state index contributed by atoms with van der Waals surface area (Å²) >= 11 is 1.86. The monoisotopic (exact) mass is 710 g/mol. The van der Waals surface area contributed by atoms with Crippen LogP contribution in [-0.2, 0) is 0 Å². The molecule has 0 bridgehead atoms. The van der Waals surface area contributed by atoms with Gasteiger partial charge in [-0.3, -0.25) is 0 Å². The number of hydrogen-bond donors (Lipinski definition) is 0. The Morgan fingerprint density at radius 3 is 1.96 bits per heavy atom. The van der Waals surface area contributed by atoms with Crippen molar-refractivity contribution in [1.82, 2.24) is 4.98 Å². The predicted molar refractivity (Wildman–Crippen MR) is 225 cm³/mol. The molecule has 0 aliphatic heterocycles. The molecular weight excluding hydrogens is 681 g/mol. The lowest BCUT2D eigenvalue weighted by molar-refractivity contribution is 0.619. The lowest BCUT2D eigenvalue weighted by Gasteiger charge is -2.28. The van der Waals surface area contributed by atoms with Crippen molar-refractivity contribution in [1.29, 1.82) is 0 Å². The molecule has 4 nitrogen and oxygen atoms in total. The Labute approximate surface area is 314 Å². The summed E-state index contributed by atoms with van der Waals surface area (Å²) in [5, 5.41) is 4.56. The molecule has 0 amide bonds. The van der Waals surface area contributed by atoms with Crippen LogP contribution in [0, 0.1) is 0 Å². The minimum absolute atomic E-state index is 0.597. The summed E-state index contributed by atoms with van der Waals surface area (Å²) in [5.41, 5.74) is 11.9. The van der Waals surface area contributed by atoms with E-state index in [-0.39, 0.29) is 0 Å². The van der Waals surface area contributed by atoms with Gasteiger partial charge in [0.15, 0.2) is 5.58 Å². The Kier molecular flexibility index (Phi) is 7.00. The minimum Gasteiger partial charge on any atom is -0.456 e. The SMILES string of the molecule is c1ccc(-c2nc3c(ccc4oc5cc(N(c6ccc(-c7cccc8c7sc7ccccc78)cc6)c6ccccc6-c6ccccc6)ccc5c43)o2)cc1. The van der Waals surface area contributed by atoms with Crippen LogP contribution in [0.2, 0.25) is 0 Å². The third-order valence-corrected chi connectivity index (χ3v) is 11.5. The second-order valence-corrected chi connectivity index (χ2v) is 14.6. The normalized spacial score (nSPS) is 11.7. The van der Waals surface area contributed by atoms with E-state index in [1.54, 1.807) is 0 Å². The average molecular weight is 711 g/mol. The zero-order valence-electron chi connectivity index (χ0n) is 28.9. The number of oxazole rings is 1. The lowest BCUT2D eigenvalue weighted by Crippen LogP contribution is -2.11. The highest BCUT2D eigenvalue weighted by Gasteiger charge is 2.21. The van der Waals surface area contributed by atoms with Crippen LogP contribution in [0.4, 0.5) is 17.1 Å². The number of hydrogen-bond acceptors (Lipinski definition) is 5. The summed E-state index contributed by atoms with van der Waals surface area (Å²) in [7, 11) is 0. The summed E-state index contributed by atoms with van der Waals surface area (Å²) in [4.78, 5) is 7.29. The first-order valence-corrected chi connectivity index (χ1v) is 18.8. The summed E-state index contributed by atoms with van der Waals surface area (Å²) in [5.74, 6) is 0.597. The molecule has 54 heavy (non-hydrogen) atoms. The van der Waals surface area contributed by atoms with Crippen molar-refractivity contribution in [3.05, 3.63) is 182 Å². The second-order valence-electron chi connectivity index (χ2n) is 13.5. The van der Waals surface area contributed by atoms with Crippen molar-refractivity contribution in [3.8, 4) is 33.7 Å². The number of benzene rings is 8. The van der Waals surface area contributed by atoms with Gasteiger partial charge in [0.2, 0.25) is 5.89 Å². The molecule has 8 aromatic carbocycles. The highest BCUT2D eigenvalue weighted by molar-refractivity contribution is 7.26. The molecule has 11 aromatic rings. The molecule has 0 saturated carbocycles. The van der Waals surface area contributed by atoms with Crippen LogP contribution < -0.4 is 4.90 Å². The van der Waals surface area contributed by atoms with E-state index in [1.165, 1.54) is 31.3 Å². The molecule has 3 heterocycles. The molecule has 0 spiro atoms. The second kappa shape index (κ2) is 12.3. The Balaban J connectivity index is 1.07. The quantitative estimate of drug-likeness (QED) is 0.172. The Hall–Kier alpha value is -6.95. The van der Waals surface area contributed by atoms with Crippen LogP contribution in [0.1, 0.15) is 0 Å². The van der Waals surface area contributed by atoms with Crippen molar-refractivity contribution < 1.29 is 8.83 Å². The van der Waals surface area contributed by atoms with E-state index < -0.39 is 0 Å². The van der Waals surface area contributed by atoms with Gasteiger partial charge in [0.1, 0.15) is 16.7 Å². The maximum Gasteiger partial charge on any atom is 0.227 e. The van der Waals surface area contributed by atoms with Gasteiger partial charge in [-0.05, 0) is 77.4 Å². The van der Waals surface area contributed by atoms with E-state index >= 15 is 0 Å². The van der Waals surface area contributed by atoms with Crippen LogP contribution in [-0.4, -0.2) is 4.98 Å². The predicted octanol–water partition coefficient (Wildman–Crippen LogP) is 14.6. The van der Waals surface area contributed by atoms with Gasteiger partial charge in [-0.2, -0.15) is 0 Å². The molecule has 0 saturated heterocycles. The third-order valence-electron chi connectivity index (χ3n) is 10.3. The molecule has 5 heteroatoms. The average Bonchev–Trinajstić information content (AvgIpc) is 3.95. The van der Waals surface area contributed by atoms with Gasteiger partial charge in [-0.1, -0.05) is 115 Å². The van der Waals surface area contributed by atoms with Crippen LogP contribution in [0.3, 0.4) is 0 Å². The fraction of sp³-hybridized carbons (Fsp3) is 0. The van der Waals surface area contributed by atoms with Crippen molar-refractivity contribution in [2.75, 3.05) is 4.90 Å². The van der Waals surface area contributed by atoms with Gasteiger partial charge in [0.25, 0.3) is 0 Å². The number of fused-ring (bicyclic) bond motifs is 8. The summed E-state index contributed by atoms with van der Waals surface area (Å²) in [6, 6.07) is 63.9. The Morgan fingerprint density at radius 1 is 0.444 bits per heavy atom. The van der Waals surface area contributed by atoms with Crippen molar-refractivity contribution >= 4 is 81.6 Å². The fourth-order valence-electron chi connectivity index (χ4n) is 7.81. The molecule has 3 aromatic heterocycles. The van der Waals surface area contributed by atoms with Crippen LogP contribution in [0.25, 0.3) is 86.9 Å². The molecule has 11 rings (SSSR count). The van der Waals surface area contributed by atoms with Crippen LogP contribution >= 0.6 is 11.3 Å². The maximum atomic E-state index is 6.59. The summed E-state index contributed by atoms with van der Waals surface area (Å²) < 4.78 is 15.4. The van der Waals surface area contributed by atoms with Crippen molar-refractivity contribution in [3.63, 3.8) is 0 Å². The zero-order valence-corrected chi connectivity index (χ0v) is 29.8. The Morgan fingerprint density at radius 2 is 1.11 bits per heavy atom. The largest absolute Gasteiger partial charge is 0.456 e. The van der Waals surface area contributed by atoms with E-state index in [0.29, 0.717) is 5.89 Å². The van der Waals surface area contributed by atoms with Crippen molar-refractivity contribution in [2.45, 2.75) is 0 Å². The third kappa shape index (κ3) is 4.94. The molecule has 254 valence electrons. The van der Waals surface area contributed by atoms with E-state index in [9.17, 15) is 0 Å². The molecule has 0 aliphatic carbocycles. The van der Waals surface area contributed by atoms with E-state index in [1.807, 2.05) is 53.8 Å². The molecule has 0 unspecified atom stereocenters. The number of rotatable bonds is 6. The maximum absolute atomic E-state index is 6.59. The fourth-order valence-corrected chi connectivity index (χ4v) is 9.05. The molecular formula is C49H30N2O2S. The number of nitrogens with zero attached hydrogens (tertiary/aromatic N) is 2. The van der Waals surface area contributed by atoms with Gasteiger partial charge in [0.05, 0.1) is 11.1 Å². The first kappa shape index (κ1) is 30.7. The van der Waals surface area contributed by atoms with Crippen LogP contribution in [0.5, 0.6) is 0 Å². The van der Waals surface area contributed by atoms with Crippen molar-refractivity contribution in [2.24, 2.45) is 0 Å². The van der Waals surface area contributed by atoms with Gasteiger partial charge < -0.3 is 13.7 Å². The number of thiophene rings is 1. The van der Waals surface area contributed by atoms with E-state index in [0.717, 1.165) is 66.8 Å². The number of aromatic nitrogens is 1. The van der Waals surface area contributed by atoms with E-state index in [2.05, 4.69) is 144 Å². The van der Waals surface area contributed by atoms with Gasteiger partial charge in [-0.15, -0.1) is 11.3 Å². The highest BCUT2D eigenvalue weighted by Crippen LogP contribution is 2.45. The number of anilines is 3. The lowest BCUT2D eigenvalue weighted by atomic mass is 10.00. The number of para-hydroxylation sites is 1. The minimum atomic E-state index is 0.597. The molecule has 0 fully saturated rings. The summed E-state index contributed by atoms with van der Waals surface area (Å²) in [6.45, 7) is 0.